The quantitative estimate of drug-likeness (QED) is 0.861. The molecule has 0 bridgehead atoms. The third kappa shape index (κ3) is 3.70. The molecule has 3 rings (SSSR count). The molecule has 0 unspecified atom stereocenters. The monoisotopic (exact) mass is 368 g/mol. The zero-order chi connectivity index (χ0) is 17.3. The van der Waals surface area contributed by atoms with Crippen molar-refractivity contribution < 1.29 is 8.42 Å². The Bertz CT molecular complexity index is 836. The van der Waals surface area contributed by atoms with E-state index in [1.54, 1.807) is 13.0 Å². The largest absolute Gasteiger partial charge is 0.315 e. The van der Waals surface area contributed by atoms with Gasteiger partial charge in [0.2, 0.25) is 15.2 Å². The van der Waals surface area contributed by atoms with Crippen molar-refractivity contribution in [1.82, 2.24) is 24.5 Å². The van der Waals surface area contributed by atoms with Crippen LogP contribution in [0.1, 0.15) is 42.3 Å². The molecule has 8 nitrogen and oxygen atoms in total. The first kappa shape index (κ1) is 17.2. The van der Waals surface area contributed by atoms with Crippen molar-refractivity contribution >= 4 is 32.3 Å². The zero-order valence-corrected chi connectivity index (χ0v) is 15.5. The number of rotatable bonds is 5. The van der Waals surface area contributed by atoms with Crippen LogP contribution in [0.4, 0.5) is 10.9 Å². The minimum Gasteiger partial charge on any atom is -0.315 e. The number of hydrogen-bond donors (Lipinski definition) is 1. The van der Waals surface area contributed by atoms with Crippen molar-refractivity contribution in [2.75, 3.05) is 18.1 Å². The molecule has 1 fully saturated rings. The number of aryl methyl sites for hydroxylation is 2. The minimum absolute atomic E-state index is 0.233. The molecule has 1 aliphatic heterocycles. The van der Waals surface area contributed by atoms with E-state index in [4.69, 9.17) is 0 Å². The fourth-order valence-electron chi connectivity index (χ4n) is 2.81. The summed E-state index contributed by atoms with van der Waals surface area (Å²) in [6.07, 6.45) is 3.67. The highest BCUT2D eigenvalue weighted by atomic mass is 32.2. The normalized spacial score (nSPS) is 18.9. The lowest BCUT2D eigenvalue weighted by molar-refractivity contribution is 0.393. The van der Waals surface area contributed by atoms with E-state index in [0.717, 1.165) is 24.3 Å². The Kier molecular flexibility index (Phi) is 4.79. The van der Waals surface area contributed by atoms with Crippen LogP contribution in [0.25, 0.3) is 0 Å². The number of aromatic nitrogens is 4. The molecule has 3 heterocycles. The summed E-state index contributed by atoms with van der Waals surface area (Å²) in [5.74, 6) is 1.20. The molecule has 0 aromatic carbocycles. The molecule has 24 heavy (non-hydrogen) atoms. The maximum Gasteiger partial charge on any atom is 0.211 e. The molecule has 0 amide bonds. The van der Waals surface area contributed by atoms with E-state index in [1.807, 2.05) is 6.92 Å². The number of hydrogen-bond acceptors (Lipinski definition) is 8. The second kappa shape index (κ2) is 6.69. The highest BCUT2D eigenvalue weighted by Gasteiger charge is 2.33. The smallest absolute Gasteiger partial charge is 0.211 e. The van der Waals surface area contributed by atoms with Crippen molar-refractivity contribution in [2.45, 2.75) is 39.2 Å². The Hall–Kier alpha value is -1.65. The Labute approximate surface area is 145 Å². The summed E-state index contributed by atoms with van der Waals surface area (Å²) in [6, 6.07) is 1.57. The van der Waals surface area contributed by atoms with Gasteiger partial charge in [0.1, 0.15) is 16.6 Å². The first-order valence-electron chi connectivity index (χ1n) is 7.78. The molecule has 10 heteroatoms. The predicted molar refractivity (Wildman–Crippen MR) is 92.9 cm³/mol. The molecule has 0 radical (unpaired) electrons. The van der Waals surface area contributed by atoms with Gasteiger partial charge in [-0.25, -0.2) is 18.4 Å². The van der Waals surface area contributed by atoms with Gasteiger partial charge in [-0.2, -0.15) is 4.31 Å². The van der Waals surface area contributed by atoms with Crippen LogP contribution >= 0.6 is 11.3 Å². The second-order valence-electron chi connectivity index (χ2n) is 5.74. The fraction of sp³-hybridized carbons (Fsp3) is 0.571. The zero-order valence-electron chi connectivity index (χ0n) is 13.9. The second-order valence-corrected chi connectivity index (χ2v) is 8.73. The van der Waals surface area contributed by atoms with Crippen molar-refractivity contribution in [2.24, 2.45) is 0 Å². The van der Waals surface area contributed by atoms with Gasteiger partial charge in [-0.15, -0.1) is 10.2 Å². The van der Waals surface area contributed by atoms with Crippen LogP contribution in [0.3, 0.4) is 0 Å². The molecule has 2 aromatic heterocycles. The van der Waals surface area contributed by atoms with E-state index in [1.165, 1.54) is 21.9 Å². The lowest BCUT2D eigenvalue weighted by Crippen LogP contribution is -2.30. The summed E-state index contributed by atoms with van der Waals surface area (Å²) in [5.41, 5.74) is 0.716. The average Bonchev–Trinajstić information content (AvgIpc) is 3.14. The van der Waals surface area contributed by atoms with Gasteiger partial charge >= 0.3 is 0 Å². The molecule has 0 saturated carbocycles. The van der Waals surface area contributed by atoms with Gasteiger partial charge in [0.15, 0.2) is 0 Å². The maximum absolute atomic E-state index is 12.0. The topological polar surface area (TPSA) is 101 Å². The van der Waals surface area contributed by atoms with Gasteiger partial charge in [0, 0.05) is 12.6 Å². The van der Waals surface area contributed by atoms with Crippen molar-refractivity contribution in [3.8, 4) is 0 Å². The molecule has 1 aliphatic rings. The fourth-order valence-corrected chi connectivity index (χ4v) is 4.64. The van der Waals surface area contributed by atoms with Crippen LogP contribution in [0.15, 0.2) is 6.07 Å². The molecule has 1 saturated heterocycles. The summed E-state index contributed by atoms with van der Waals surface area (Å²) in [5, 5.41) is 12.9. The third-order valence-electron chi connectivity index (χ3n) is 3.83. The molecule has 1 N–H and O–H groups in total. The molecule has 1 atom stereocenters. The molecule has 130 valence electrons. The highest BCUT2D eigenvalue weighted by Crippen LogP contribution is 2.34. The summed E-state index contributed by atoms with van der Waals surface area (Å²) < 4.78 is 25.4. The van der Waals surface area contributed by atoms with Crippen LogP contribution in [-0.2, 0) is 16.4 Å². The number of sulfonamides is 1. The SMILES string of the molecule is CCc1nnc(Nc2cc([C@H]3CCCN3S(C)(=O)=O)nc(C)n2)s1. The van der Waals surface area contributed by atoms with Gasteiger partial charge in [0.05, 0.1) is 18.0 Å². The minimum atomic E-state index is -3.25. The van der Waals surface area contributed by atoms with E-state index in [0.29, 0.717) is 29.0 Å². The summed E-state index contributed by atoms with van der Waals surface area (Å²) >= 11 is 1.48. The molecule has 0 aliphatic carbocycles. The lowest BCUT2D eigenvalue weighted by atomic mass is 10.1. The van der Waals surface area contributed by atoms with Crippen LogP contribution in [0, 0.1) is 6.92 Å². The average molecular weight is 368 g/mol. The number of nitrogens with zero attached hydrogens (tertiary/aromatic N) is 5. The molecule has 2 aromatic rings. The van der Waals surface area contributed by atoms with E-state index in [-0.39, 0.29) is 6.04 Å². The lowest BCUT2D eigenvalue weighted by Gasteiger charge is -2.22. The van der Waals surface area contributed by atoms with Gasteiger partial charge in [-0.05, 0) is 26.2 Å². The van der Waals surface area contributed by atoms with Gasteiger partial charge in [-0.3, -0.25) is 0 Å². The third-order valence-corrected chi connectivity index (χ3v) is 6.11. The Morgan fingerprint density at radius 3 is 2.83 bits per heavy atom. The molecular weight excluding hydrogens is 348 g/mol. The van der Waals surface area contributed by atoms with Crippen molar-refractivity contribution in [1.29, 1.82) is 0 Å². The van der Waals surface area contributed by atoms with Crippen LogP contribution in [0.2, 0.25) is 0 Å². The Morgan fingerprint density at radius 1 is 1.38 bits per heavy atom. The number of anilines is 2. The predicted octanol–water partition coefficient (Wildman–Crippen LogP) is 2.04. The first-order valence-corrected chi connectivity index (χ1v) is 10.4. The summed E-state index contributed by atoms with van der Waals surface area (Å²) in [6.45, 7) is 4.36. The van der Waals surface area contributed by atoms with E-state index in [9.17, 15) is 8.42 Å². The van der Waals surface area contributed by atoms with Crippen LogP contribution in [0.5, 0.6) is 0 Å². The van der Waals surface area contributed by atoms with E-state index >= 15 is 0 Å². The van der Waals surface area contributed by atoms with Crippen LogP contribution in [-0.4, -0.2) is 45.7 Å². The highest BCUT2D eigenvalue weighted by molar-refractivity contribution is 7.88. The van der Waals surface area contributed by atoms with E-state index in [2.05, 4.69) is 25.5 Å². The summed E-state index contributed by atoms with van der Waals surface area (Å²) in [7, 11) is -3.25. The van der Waals surface area contributed by atoms with Gasteiger partial charge in [0.25, 0.3) is 0 Å². The Morgan fingerprint density at radius 2 is 2.17 bits per heavy atom. The summed E-state index contributed by atoms with van der Waals surface area (Å²) in [4.78, 5) is 8.82. The van der Waals surface area contributed by atoms with Crippen molar-refractivity contribution in [3.63, 3.8) is 0 Å². The first-order chi connectivity index (χ1) is 11.4. The maximum atomic E-state index is 12.0. The van der Waals surface area contributed by atoms with E-state index < -0.39 is 10.0 Å². The standard InChI is InChI=1S/C14H20N6O2S2/c1-4-13-18-19-14(23-13)17-12-8-10(15-9(2)16-12)11-6-5-7-20(11)24(3,21)22/h8,11H,4-7H2,1-3H3,(H,15,16,17,19)/t11-/m1/s1. The Balaban J connectivity index is 1.88. The van der Waals surface area contributed by atoms with Crippen molar-refractivity contribution in [3.05, 3.63) is 22.6 Å². The van der Waals surface area contributed by atoms with Gasteiger partial charge in [-0.1, -0.05) is 18.3 Å². The number of nitrogens with one attached hydrogen (secondary N) is 1. The van der Waals surface area contributed by atoms with Crippen LogP contribution < -0.4 is 5.32 Å². The van der Waals surface area contributed by atoms with Gasteiger partial charge < -0.3 is 5.32 Å². The molecule has 0 spiro atoms. The molecular formula is C14H20N6O2S2.